The fourth-order valence-electron chi connectivity index (χ4n) is 1.56. The molecule has 0 aliphatic heterocycles. The molecule has 7 heteroatoms. The second kappa shape index (κ2) is 4.93. The molecule has 1 rings (SSSR count). The van der Waals surface area contributed by atoms with E-state index >= 15 is 0 Å². The lowest BCUT2D eigenvalue weighted by atomic mass is 10.3. The predicted octanol–water partition coefficient (Wildman–Crippen LogP) is 0.502. The van der Waals surface area contributed by atoms with Crippen LogP contribution < -0.4 is 10.6 Å². The zero-order chi connectivity index (χ0) is 12.3. The van der Waals surface area contributed by atoms with Gasteiger partial charge in [0.15, 0.2) is 0 Å². The number of rotatable bonds is 5. The van der Waals surface area contributed by atoms with Crippen molar-refractivity contribution in [1.82, 2.24) is 9.55 Å². The quantitative estimate of drug-likeness (QED) is 0.584. The van der Waals surface area contributed by atoms with E-state index in [0.29, 0.717) is 19.0 Å². The standard InChI is InChI=1S/C9H17N5O2/c1-7(2)13(5-4-10)9-11-6-8(12(9)3)14(15)16/h6-7H,4-5,10H2,1-3H3. The molecular formula is C9H17N5O2. The van der Waals surface area contributed by atoms with E-state index in [-0.39, 0.29) is 11.9 Å². The van der Waals surface area contributed by atoms with Crippen molar-refractivity contribution in [2.24, 2.45) is 12.8 Å². The van der Waals surface area contributed by atoms with Gasteiger partial charge in [0, 0.05) is 19.1 Å². The molecule has 0 spiro atoms. The maximum absolute atomic E-state index is 10.7. The van der Waals surface area contributed by atoms with Gasteiger partial charge in [-0.15, -0.1) is 0 Å². The Morgan fingerprint density at radius 1 is 1.69 bits per heavy atom. The van der Waals surface area contributed by atoms with Crippen LogP contribution in [-0.4, -0.2) is 33.6 Å². The second-order valence-corrected chi connectivity index (χ2v) is 3.81. The third-order valence-electron chi connectivity index (χ3n) is 2.38. The highest BCUT2D eigenvalue weighted by atomic mass is 16.6. The van der Waals surface area contributed by atoms with E-state index in [9.17, 15) is 10.1 Å². The summed E-state index contributed by atoms with van der Waals surface area (Å²) in [6.07, 6.45) is 1.27. The van der Waals surface area contributed by atoms with Crippen molar-refractivity contribution in [3.63, 3.8) is 0 Å². The maximum Gasteiger partial charge on any atom is 0.344 e. The van der Waals surface area contributed by atoms with Crippen molar-refractivity contribution in [2.75, 3.05) is 18.0 Å². The van der Waals surface area contributed by atoms with E-state index in [0.717, 1.165) is 0 Å². The van der Waals surface area contributed by atoms with Crippen LogP contribution in [0.15, 0.2) is 6.20 Å². The van der Waals surface area contributed by atoms with Crippen LogP contribution >= 0.6 is 0 Å². The Kier molecular flexibility index (Phi) is 3.83. The van der Waals surface area contributed by atoms with Crippen molar-refractivity contribution in [2.45, 2.75) is 19.9 Å². The summed E-state index contributed by atoms with van der Waals surface area (Å²) in [7, 11) is 1.63. The van der Waals surface area contributed by atoms with Crippen LogP contribution in [0.3, 0.4) is 0 Å². The lowest BCUT2D eigenvalue weighted by Crippen LogP contribution is -2.37. The van der Waals surface area contributed by atoms with Crippen molar-refractivity contribution in [1.29, 1.82) is 0 Å². The predicted molar refractivity (Wildman–Crippen MR) is 61.4 cm³/mol. The zero-order valence-corrected chi connectivity index (χ0v) is 9.75. The first-order valence-electron chi connectivity index (χ1n) is 5.11. The number of nitro groups is 1. The molecule has 0 saturated heterocycles. The number of hydrogen-bond donors (Lipinski definition) is 1. The molecule has 16 heavy (non-hydrogen) atoms. The van der Waals surface area contributed by atoms with Gasteiger partial charge in [0.1, 0.15) is 6.20 Å². The molecule has 0 bridgehead atoms. The normalized spacial score (nSPS) is 10.8. The minimum Gasteiger partial charge on any atom is -0.358 e. The molecule has 0 unspecified atom stereocenters. The Bertz CT molecular complexity index is 374. The number of hydrogen-bond acceptors (Lipinski definition) is 5. The molecular weight excluding hydrogens is 210 g/mol. The lowest BCUT2D eigenvalue weighted by Gasteiger charge is -2.24. The second-order valence-electron chi connectivity index (χ2n) is 3.81. The Hall–Kier alpha value is -1.63. The molecule has 0 saturated carbocycles. The molecule has 1 heterocycles. The van der Waals surface area contributed by atoms with Crippen LogP contribution in [0.4, 0.5) is 11.8 Å². The van der Waals surface area contributed by atoms with E-state index in [4.69, 9.17) is 5.73 Å². The average Bonchev–Trinajstić information content (AvgIpc) is 2.56. The van der Waals surface area contributed by atoms with E-state index in [1.54, 1.807) is 7.05 Å². The Labute approximate surface area is 94.0 Å². The first-order valence-corrected chi connectivity index (χ1v) is 5.11. The number of nitrogens with zero attached hydrogens (tertiary/aromatic N) is 4. The molecule has 2 N–H and O–H groups in total. The van der Waals surface area contributed by atoms with Crippen molar-refractivity contribution in [3.05, 3.63) is 16.3 Å². The summed E-state index contributed by atoms with van der Waals surface area (Å²) in [4.78, 5) is 16.2. The number of anilines is 1. The smallest absolute Gasteiger partial charge is 0.344 e. The molecule has 0 atom stereocenters. The van der Waals surface area contributed by atoms with Crippen LogP contribution in [0.2, 0.25) is 0 Å². The molecule has 90 valence electrons. The third-order valence-corrected chi connectivity index (χ3v) is 2.38. The summed E-state index contributed by atoms with van der Waals surface area (Å²) in [5, 5.41) is 10.7. The van der Waals surface area contributed by atoms with Crippen molar-refractivity contribution >= 4 is 11.8 Å². The highest BCUT2D eigenvalue weighted by Crippen LogP contribution is 2.20. The lowest BCUT2D eigenvalue weighted by molar-refractivity contribution is -0.391. The molecule has 7 nitrogen and oxygen atoms in total. The van der Waals surface area contributed by atoms with Gasteiger partial charge in [-0.2, -0.15) is 9.55 Å². The Balaban J connectivity index is 3.06. The summed E-state index contributed by atoms with van der Waals surface area (Å²) in [6.45, 7) is 5.10. The molecule has 0 aliphatic carbocycles. The molecule has 0 aromatic carbocycles. The molecule has 0 amide bonds. The number of imidazole rings is 1. The molecule has 1 aromatic heterocycles. The van der Waals surface area contributed by atoms with Crippen molar-refractivity contribution in [3.8, 4) is 0 Å². The van der Waals surface area contributed by atoms with Gasteiger partial charge in [0.2, 0.25) is 0 Å². The summed E-state index contributed by atoms with van der Waals surface area (Å²) in [5.41, 5.74) is 5.51. The van der Waals surface area contributed by atoms with Gasteiger partial charge in [-0.3, -0.25) is 0 Å². The monoisotopic (exact) mass is 227 g/mol. The topological polar surface area (TPSA) is 90.2 Å². The fraction of sp³-hybridized carbons (Fsp3) is 0.667. The van der Waals surface area contributed by atoms with Gasteiger partial charge in [-0.25, -0.2) is 0 Å². The molecule has 1 aromatic rings. The minimum absolute atomic E-state index is 0.0160. The van der Waals surface area contributed by atoms with Gasteiger partial charge in [-0.1, -0.05) is 0 Å². The average molecular weight is 227 g/mol. The highest BCUT2D eigenvalue weighted by Gasteiger charge is 2.23. The van der Waals surface area contributed by atoms with Gasteiger partial charge >= 0.3 is 5.82 Å². The van der Waals surface area contributed by atoms with Crippen LogP contribution in [-0.2, 0) is 7.05 Å². The first-order chi connectivity index (χ1) is 7.49. The van der Waals surface area contributed by atoms with Gasteiger partial charge in [0.05, 0.1) is 7.05 Å². The molecule has 0 radical (unpaired) electrons. The first kappa shape index (κ1) is 12.4. The van der Waals surface area contributed by atoms with Crippen molar-refractivity contribution < 1.29 is 4.92 Å². The van der Waals surface area contributed by atoms with Gasteiger partial charge in [0.25, 0.3) is 5.95 Å². The van der Waals surface area contributed by atoms with Crippen LogP contribution in [0, 0.1) is 10.1 Å². The summed E-state index contributed by atoms with van der Waals surface area (Å²) < 4.78 is 1.47. The maximum atomic E-state index is 10.7. The fourth-order valence-corrected chi connectivity index (χ4v) is 1.56. The minimum atomic E-state index is -0.447. The van der Waals surface area contributed by atoms with Crippen LogP contribution in [0.5, 0.6) is 0 Å². The largest absolute Gasteiger partial charge is 0.358 e. The summed E-state index contributed by atoms with van der Waals surface area (Å²) in [5.74, 6) is 0.560. The van der Waals surface area contributed by atoms with E-state index < -0.39 is 4.92 Å². The molecule has 0 fully saturated rings. The summed E-state index contributed by atoms with van der Waals surface area (Å²) in [6, 6.07) is 0.198. The number of nitrogens with two attached hydrogens (primary N) is 1. The van der Waals surface area contributed by atoms with Gasteiger partial charge < -0.3 is 20.7 Å². The van der Waals surface area contributed by atoms with Crippen LogP contribution in [0.25, 0.3) is 0 Å². The van der Waals surface area contributed by atoms with E-state index in [1.165, 1.54) is 10.8 Å². The summed E-state index contributed by atoms with van der Waals surface area (Å²) >= 11 is 0. The molecule has 0 aliphatic rings. The Morgan fingerprint density at radius 3 is 2.69 bits per heavy atom. The Morgan fingerprint density at radius 2 is 2.31 bits per heavy atom. The number of aromatic nitrogens is 2. The van der Waals surface area contributed by atoms with Crippen LogP contribution in [0.1, 0.15) is 13.8 Å². The zero-order valence-electron chi connectivity index (χ0n) is 9.75. The highest BCUT2D eigenvalue weighted by molar-refractivity contribution is 5.39. The third kappa shape index (κ3) is 2.30. The van der Waals surface area contributed by atoms with E-state index in [1.807, 2.05) is 18.7 Å². The SMILES string of the molecule is CC(C)N(CCN)c1ncc([N+](=O)[O-])n1C. The van der Waals surface area contributed by atoms with Gasteiger partial charge in [-0.05, 0) is 18.8 Å². The van der Waals surface area contributed by atoms with E-state index in [2.05, 4.69) is 4.98 Å².